The van der Waals surface area contributed by atoms with Gasteiger partial charge in [-0.1, -0.05) is 12.1 Å². The van der Waals surface area contributed by atoms with Crippen LogP contribution in [0.5, 0.6) is 0 Å². The number of β-amino-alcohol motifs (C(OH)–C–C–N with tert-alkyl or cyclic N) is 1. The summed E-state index contributed by atoms with van der Waals surface area (Å²) in [6.07, 6.45) is 7.33. The minimum absolute atomic E-state index is 0.136. The first-order valence-electron chi connectivity index (χ1n) is 9.03. The lowest BCUT2D eigenvalue weighted by Crippen LogP contribution is -2.46. The van der Waals surface area contributed by atoms with Crippen molar-refractivity contribution >= 4 is 29.0 Å². The van der Waals surface area contributed by atoms with Crippen molar-refractivity contribution < 1.29 is 23.5 Å². The Bertz CT molecular complexity index is 1160. The molecular weight excluding hydrogens is 428 g/mol. The van der Waals surface area contributed by atoms with Crippen LogP contribution in [-0.2, 0) is 16.9 Å². The Morgan fingerprint density at radius 3 is 2.55 bits per heavy atom. The van der Waals surface area contributed by atoms with E-state index in [2.05, 4.69) is 15.2 Å². The van der Waals surface area contributed by atoms with Crippen molar-refractivity contribution in [2.24, 2.45) is 0 Å². The first-order chi connectivity index (χ1) is 14.9. The molecule has 0 aliphatic carbocycles. The molecule has 0 radical (unpaired) electrons. The molecule has 1 saturated heterocycles. The van der Waals surface area contributed by atoms with Crippen molar-refractivity contribution in [3.05, 3.63) is 82.8 Å². The predicted molar refractivity (Wildman–Crippen MR) is 107 cm³/mol. The van der Waals surface area contributed by atoms with Crippen LogP contribution in [0.15, 0.2) is 60.0 Å². The maximum absolute atomic E-state index is 14.5. The molecule has 1 N–H and O–H groups in total. The zero-order valence-electron chi connectivity index (χ0n) is 15.9. The molecule has 8 nitrogen and oxygen atoms in total. The van der Waals surface area contributed by atoms with Crippen molar-refractivity contribution in [1.29, 1.82) is 0 Å². The second-order valence-electron chi connectivity index (χ2n) is 6.77. The summed E-state index contributed by atoms with van der Waals surface area (Å²) in [5, 5.41) is 18.5. The lowest BCUT2D eigenvalue weighted by atomic mass is 9.92. The third kappa shape index (κ3) is 4.37. The summed E-state index contributed by atoms with van der Waals surface area (Å²) in [5.41, 5.74) is -1.78. The summed E-state index contributed by atoms with van der Waals surface area (Å²) in [4.78, 5) is 31.4. The number of imide groups is 1. The molecular formula is C20H15F2N5O3S. The molecule has 2 aromatic heterocycles. The SMILES string of the molecule is O=C1S/C(=C\c2cccnc2)C(=O)N1CC(O)(Cn1nccn1)c1ccc(F)cc1F. The van der Waals surface area contributed by atoms with Gasteiger partial charge in [0.05, 0.1) is 30.4 Å². The van der Waals surface area contributed by atoms with E-state index >= 15 is 0 Å². The Morgan fingerprint density at radius 1 is 1.10 bits per heavy atom. The van der Waals surface area contributed by atoms with Crippen LogP contribution in [-0.4, -0.2) is 47.7 Å². The highest BCUT2D eigenvalue weighted by molar-refractivity contribution is 8.18. The number of carbonyl (C=O) groups is 2. The molecule has 11 heteroatoms. The second-order valence-corrected chi connectivity index (χ2v) is 7.76. The Kier molecular flexibility index (Phi) is 5.61. The number of thioether (sulfide) groups is 1. The number of halogens is 2. The molecule has 1 fully saturated rings. The van der Waals surface area contributed by atoms with E-state index < -0.39 is 34.9 Å². The van der Waals surface area contributed by atoms with Gasteiger partial charge < -0.3 is 5.11 Å². The average Bonchev–Trinajstić information content (AvgIpc) is 3.32. The number of hydrogen-bond acceptors (Lipinski definition) is 7. The molecule has 1 unspecified atom stereocenters. The van der Waals surface area contributed by atoms with E-state index in [9.17, 15) is 23.5 Å². The molecule has 0 saturated carbocycles. The van der Waals surface area contributed by atoms with E-state index in [1.807, 2.05) is 0 Å². The van der Waals surface area contributed by atoms with Gasteiger partial charge in [-0.2, -0.15) is 15.0 Å². The minimum atomic E-state index is -2.10. The molecule has 2 amide bonds. The van der Waals surface area contributed by atoms with Crippen LogP contribution < -0.4 is 0 Å². The average molecular weight is 443 g/mol. The maximum Gasteiger partial charge on any atom is 0.293 e. The van der Waals surface area contributed by atoms with Crippen molar-refractivity contribution in [2.75, 3.05) is 6.54 Å². The third-order valence-electron chi connectivity index (χ3n) is 4.58. The highest BCUT2D eigenvalue weighted by atomic mass is 32.2. The van der Waals surface area contributed by atoms with Crippen molar-refractivity contribution in [3.8, 4) is 0 Å². The quantitative estimate of drug-likeness (QED) is 0.585. The zero-order chi connectivity index (χ0) is 22.0. The van der Waals surface area contributed by atoms with Crippen molar-refractivity contribution in [3.63, 3.8) is 0 Å². The number of aliphatic hydroxyl groups is 1. The normalized spacial score (nSPS) is 17.4. The lowest BCUT2D eigenvalue weighted by molar-refractivity contribution is -0.126. The van der Waals surface area contributed by atoms with Crippen LogP contribution in [0.25, 0.3) is 6.08 Å². The van der Waals surface area contributed by atoms with Crippen LogP contribution in [0.3, 0.4) is 0 Å². The minimum Gasteiger partial charge on any atom is -0.381 e. The van der Waals surface area contributed by atoms with Crippen LogP contribution in [0.2, 0.25) is 0 Å². The number of nitrogens with zero attached hydrogens (tertiary/aromatic N) is 5. The monoisotopic (exact) mass is 443 g/mol. The van der Waals surface area contributed by atoms with Gasteiger partial charge in [0.25, 0.3) is 11.1 Å². The van der Waals surface area contributed by atoms with Gasteiger partial charge in [-0.15, -0.1) is 0 Å². The zero-order valence-corrected chi connectivity index (χ0v) is 16.7. The van der Waals surface area contributed by atoms with Gasteiger partial charge in [-0.05, 0) is 35.5 Å². The molecule has 158 valence electrons. The summed E-state index contributed by atoms with van der Waals surface area (Å²) in [7, 11) is 0. The Labute approximate surface area is 179 Å². The highest BCUT2D eigenvalue weighted by Gasteiger charge is 2.43. The molecule has 0 bridgehead atoms. The number of aromatic nitrogens is 4. The molecule has 3 aromatic rings. The summed E-state index contributed by atoms with van der Waals surface area (Å²) >= 11 is 0.695. The number of carbonyl (C=O) groups excluding carboxylic acids is 2. The number of amides is 2. The Balaban J connectivity index is 1.67. The van der Waals surface area contributed by atoms with Gasteiger partial charge in [-0.25, -0.2) is 8.78 Å². The molecule has 1 aliphatic rings. The number of rotatable bonds is 6. The van der Waals surface area contributed by atoms with Crippen LogP contribution >= 0.6 is 11.8 Å². The van der Waals surface area contributed by atoms with E-state index in [1.54, 1.807) is 18.3 Å². The summed E-state index contributed by atoms with van der Waals surface area (Å²) < 4.78 is 28.0. The van der Waals surface area contributed by atoms with Gasteiger partial charge in [0.15, 0.2) is 0 Å². The maximum atomic E-state index is 14.5. The molecule has 3 heterocycles. The fourth-order valence-corrected chi connectivity index (χ4v) is 4.00. The fourth-order valence-electron chi connectivity index (χ4n) is 3.16. The Morgan fingerprint density at radius 2 is 1.87 bits per heavy atom. The predicted octanol–water partition coefficient (Wildman–Crippen LogP) is 2.58. The van der Waals surface area contributed by atoms with Gasteiger partial charge in [-0.3, -0.25) is 19.5 Å². The summed E-state index contributed by atoms with van der Waals surface area (Å²) in [5.74, 6) is -2.49. The van der Waals surface area contributed by atoms with E-state index in [0.29, 0.717) is 23.4 Å². The topological polar surface area (TPSA) is 101 Å². The van der Waals surface area contributed by atoms with E-state index in [-0.39, 0.29) is 17.0 Å². The number of benzene rings is 1. The molecule has 1 aromatic carbocycles. The smallest absolute Gasteiger partial charge is 0.293 e. The summed E-state index contributed by atoms with van der Waals surface area (Å²) in [6, 6.07) is 6.07. The van der Waals surface area contributed by atoms with Gasteiger partial charge in [0.2, 0.25) is 0 Å². The first-order valence-corrected chi connectivity index (χ1v) is 9.85. The third-order valence-corrected chi connectivity index (χ3v) is 5.48. The molecule has 1 atom stereocenters. The van der Waals surface area contributed by atoms with E-state index in [1.165, 1.54) is 24.7 Å². The van der Waals surface area contributed by atoms with Crippen LogP contribution in [0, 0.1) is 11.6 Å². The van der Waals surface area contributed by atoms with Gasteiger partial charge in [0.1, 0.15) is 17.2 Å². The Hall–Kier alpha value is -3.44. The van der Waals surface area contributed by atoms with Crippen LogP contribution in [0.1, 0.15) is 11.1 Å². The van der Waals surface area contributed by atoms with E-state index in [4.69, 9.17) is 0 Å². The number of pyridine rings is 1. The molecule has 1 aliphatic heterocycles. The van der Waals surface area contributed by atoms with E-state index in [0.717, 1.165) is 21.8 Å². The van der Waals surface area contributed by atoms with Crippen LogP contribution in [0.4, 0.5) is 13.6 Å². The number of hydrogen-bond donors (Lipinski definition) is 1. The van der Waals surface area contributed by atoms with Gasteiger partial charge >= 0.3 is 0 Å². The molecule has 31 heavy (non-hydrogen) atoms. The molecule has 4 rings (SSSR count). The van der Waals surface area contributed by atoms with Crippen molar-refractivity contribution in [2.45, 2.75) is 12.1 Å². The first kappa shape index (κ1) is 20.8. The lowest BCUT2D eigenvalue weighted by Gasteiger charge is -2.31. The van der Waals surface area contributed by atoms with Gasteiger partial charge in [0, 0.05) is 24.0 Å². The standard InChI is InChI=1S/C20H15F2N5O3S/c21-14-3-4-15(16(22)9-14)20(30,12-27-24-6-7-25-27)11-26-18(28)17(31-19(26)29)8-13-2-1-5-23-10-13/h1-10,30H,11-12H2/b17-8-. The highest BCUT2D eigenvalue weighted by Crippen LogP contribution is 2.36. The molecule has 0 spiro atoms. The largest absolute Gasteiger partial charge is 0.381 e. The fraction of sp³-hybridized carbons (Fsp3) is 0.150. The van der Waals surface area contributed by atoms with Crippen molar-refractivity contribution in [1.82, 2.24) is 24.9 Å². The summed E-state index contributed by atoms with van der Waals surface area (Å²) in [6.45, 7) is -0.946. The second kappa shape index (κ2) is 8.36.